The molecule has 0 aromatic heterocycles. The number of carbonyl (C=O) groups excluding carboxylic acids is 2. The molecule has 21 heavy (non-hydrogen) atoms. The van der Waals surface area contributed by atoms with Gasteiger partial charge in [-0.2, -0.15) is 0 Å². The zero-order valence-electron chi connectivity index (χ0n) is 11.6. The molecule has 1 aromatic carbocycles. The Bertz CT molecular complexity index is 530. The Morgan fingerprint density at radius 3 is 2.95 bits per heavy atom. The number of halogens is 1. The molecular weight excluding hydrogens is 296 g/mol. The zero-order valence-corrected chi connectivity index (χ0v) is 12.4. The van der Waals surface area contributed by atoms with Crippen LogP contribution >= 0.6 is 11.6 Å². The number of carbonyl (C=O) groups is 2. The van der Waals surface area contributed by atoms with Gasteiger partial charge in [-0.1, -0.05) is 11.6 Å². The predicted molar refractivity (Wildman–Crippen MR) is 78.6 cm³/mol. The lowest BCUT2D eigenvalue weighted by molar-refractivity contribution is -0.117. The second-order valence-corrected chi connectivity index (χ2v) is 5.07. The average molecular weight is 313 g/mol. The van der Waals surface area contributed by atoms with Crippen LogP contribution in [0.4, 0.5) is 5.69 Å². The molecule has 1 aliphatic rings. The molecule has 0 bridgehead atoms. The Kier molecular flexibility index (Phi) is 5.55. The van der Waals surface area contributed by atoms with Gasteiger partial charge in [0.2, 0.25) is 5.91 Å². The molecule has 1 saturated heterocycles. The highest BCUT2D eigenvalue weighted by molar-refractivity contribution is 6.33. The van der Waals surface area contributed by atoms with Crippen LogP contribution in [0, 0.1) is 0 Å². The van der Waals surface area contributed by atoms with Gasteiger partial charge in [0.1, 0.15) is 0 Å². The lowest BCUT2D eigenvalue weighted by atomic mass is 10.1. The number of hydrogen-bond acceptors (Lipinski definition) is 5. The summed E-state index contributed by atoms with van der Waals surface area (Å²) in [5.74, 6) is -0.652. The summed E-state index contributed by atoms with van der Waals surface area (Å²) < 4.78 is 9.90. The van der Waals surface area contributed by atoms with Crippen molar-refractivity contribution in [3.63, 3.8) is 0 Å². The van der Waals surface area contributed by atoms with E-state index in [1.165, 1.54) is 19.2 Å². The van der Waals surface area contributed by atoms with E-state index in [1.807, 2.05) is 0 Å². The van der Waals surface area contributed by atoms with Crippen LogP contribution in [0.3, 0.4) is 0 Å². The largest absolute Gasteiger partial charge is 0.465 e. The normalized spacial score (nSPS) is 18.1. The molecule has 1 atom stereocenters. The molecule has 6 nitrogen and oxygen atoms in total. The van der Waals surface area contributed by atoms with E-state index in [-0.39, 0.29) is 22.5 Å². The number of nitrogens with one attached hydrogen (secondary N) is 2. The minimum absolute atomic E-state index is 0.0172. The van der Waals surface area contributed by atoms with Crippen molar-refractivity contribution in [2.75, 3.05) is 32.2 Å². The Morgan fingerprint density at radius 1 is 1.52 bits per heavy atom. The van der Waals surface area contributed by atoms with Gasteiger partial charge in [0.05, 0.1) is 30.9 Å². The topological polar surface area (TPSA) is 76.7 Å². The summed E-state index contributed by atoms with van der Waals surface area (Å²) in [5, 5.41) is 6.18. The Balaban J connectivity index is 1.94. The molecule has 0 saturated carbocycles. The van der Waals surface area contributed by atoms with Crippen molar-refractivity contribution in [2.24, 2.45) is 0 Å². The summed E-state index contributed by atoms with van der Waals surface area (Å²) in [6.45, 7) is 1.94. The summed E-state index contributed by atoms with van der Waals surface area (Å²) in [6.07, 6.45) is 0.316. The number of benzene rings is 1. The first-order valence-corrected chi connectivity index (χ1v) is 6.97. The molecule has 0 spiro atoms. The van der Waals surface area contributed by atoms with Crippen LogP contribution in [-0.4, -0.2) is 44.8 Å². The monoisotopic (exact) mass is 312 g/mol. The van der Waals surface area contributed by atoms with E-state index < -0.39 is 5.97 Å². The number of esters is 1. The third-order valence-corrected chi connectivity index (χ3v) is 3.40. The maximum Gasteiger partial charge on any atom is 0.339 e. The van der Waals surface area contributed by atoms with E-state index in [1.54, 1.807) is 6.07 Å². The van der Waals surface area contributed by atoms with Crippen molar-refractivity contribution in [1.82, 2.24) is 5.32 Å². The average Bonchev–Trinajstić information content (AvgIpc) is 2.47. The van der Waals surface area contributed by atoms with Crippen molar-refractivity contribution < 1.29 is 19.1 Å². The minimum atomic E-state index is -0.513. The van der Waals surface area contributed by atoms with E-state index in [0.717, 1.165) is 6.54 Å². The Morgan fingerprint density at radius 2 is 2.33 bits per heavy atom. The van der Waals surface area contributed by atoms with Crippen molar-refractivity contribution in [3.8, 4) is 0 Å². The molecular formula is C14H17ClN2O4. The van der Waals surface area contributed by atoms with Gasteiger partial charge < -0.3 is 20.1 Å². The molecule has 0 aliphatic carbocycles. The summed E-state index contributed by atoms with van der Waals surface area (Å²) in [4.78, 5) is 23.3. The van der Waals surface area contributed by atoms with E-state index in [2.05, 4.69) is 15.4 Å². The van der Waals surface area contributed by atoms with Crippen LogP contribution in [0.5, 0.6) is 0 Å². The second kappa shape index (κ2) is 7.40. The van der Waals surface area contributed by atoms with Gasteiger partial charge in [0.25, 0.3) is 0 Å². The van der Waals surface area contributed by atoms with Crippen molar-refractivity contribution in [3.05, 3.63) is 28.8 Å². The molecule has 2 N–H and O–H groups in total. The molecule has 1 fully saturated rings. The number of anilines is 1. The summed E-state index contributed by atoms with van der Waals surface area (Å²) in [7, 11) is 1.29. The van der Waals surface area contributed by atoms with Gasteiger partial charge in [-0.3, -0.25) is 4.79 Å². The van der Waals surface area contributed by atoms with Crippen molar-refractivity contribution in [1.29, 1.82) is 0 Å². The smallest absolute Gasteiger partial charge is 0.339 e. The zero-order chi connectivity index (χ0) is 15.2. The second-order valence-electron chi connectivity index (χ2n) is 4.66. The highest BCUT2D eigenvalue weighted by atomic mass is 35.5. The first kappa shape index (κ1) is 15.8. The summed E-state index contributed by atoms with van der Waals surface area (Å²) in [5.41, 5.74) is 0.800. The van der Waals surface area contributed by atoms with Crippen LogP contribution < -0.4 is 10.6 Å². The highest BCUT2D eigenvalue weighted by Gasteiger charge is 2.17. The number of rotatable bonds is 4. The van der Waals surface area contributed by atoms with Crippen LogP contribution in [0.1, 0.15) is 16.8 Å². The molecule has 1 unspecified atom stereocenters. The molecule has 1 aromatic rings. The molecule has 1 aliphatic heterocycles. The molecule has 114 valence electrons. The maximum atomic E-state index is 11.9. The first-order valence-electron chi connectivity index (χ1n) is 6.59. The van der Waals surface area contributed by atoms with Gasteiger partial charge in [-0.15, -0.1) is 0 Å². The Hall–Kier alpha value is -1.63. The predicted octanol–water partition coefficient (Wildman–Crippen LogP) is 1.44. The number of hydrogen-bond donors (Lipinski definition) is 2. The van der Waals surface area contributed by atoms with Crippen LogP contribution in [0.25, 0.3) is 0 Å². The van der Waals surface area contributed by atoms with E-state index >= 15 is 0 Å². The van der Waals surface area contributed by atoms with Crippen molar-refractivity contribution >= 4 is 29.2 Å². The lowest BCUT2D eigenvalue weighted by Gasteiger charge is -2.23. The van der Waals surface area contributed by atoms with Crippen LogP contribution in [0.15, 0.2) is 18.2 Å². The molecule has 7 heteroatoms. The van der Waals surface area contributed by atoms with Crippen molar-refractivity contribution in [2.45, 2.75) is 12.5 Å². The van der Waals surface area contributed by atoms with Gasteiger partial charge in [-0.25, -0.2) is 4.79 Å². The highest BCUT2D eigenvalue weighted by Crippen LogP contribution is 2.22. The van der Waals surface area contributed by atoms with Gasteiger partial charge >= 0.3 is 5.97 Å². The molecule has 2 rings (SSSR count). The SMILES string of the molecule is COC(=O)c1ccc(NC(=O)CC2COCCN2)cc1Cl. The molecule has 0 radical (unpaired) electrons. The fraction of sp³-hybridized carbons (Fsp3) is 0.429. The number of amides is 1. The summed E-state index contributed by atoms with van der Waals surface area (Å²) in [6, 6.07) is 4.67. The quantitative estimate of drug-likeness (QED) is 0.823. The summed E-state index contributed by atoms with van der Waals surface area (Å²) >= 11 is 5.99. The molecule has 1 amide bonds. The van der Waals surface area contributed by atoms with E-state index in [0.29, 0.717) is 25.3 Å². The fourth-order valence-electron chi connectivity index (χ4n) is 2.06. The minimum Gasteiger partial charge on any atom is -0.465 e. The Labute approximate surface area is 127 Å². The van der Waals surface area contributed by atoms with E-state index in [9.17, 15) is 9.59 Å². The third-order valence-electron chi connectivity index (χ3n) is 3.09. The molecule has 1 heterocycles. The van der Waals surface area contributed by atoms with Gasteiger partial charge in [-0.05, 0) is 18.2 Å². The maximum absolute atomic E-state index is 11.9. The fourth-order valence-corrected chi connectivity index (χ4v) is 2.31. The number of morpholine rings is 1. The number of ether oxygens (including phenoxy) is 2. The van der Waals surface area contributed by atoms with E-state index in [4.69, 9.17) is 16.3 Å². The number of methoxy groups -OCH3 is 1. The van der Waals surface area contributed by atoms with Crippen LogP contribution in [0.2, 0.25) is 5.02 Å². The van der Waals surface area contributed by atoms with Crippen LogP contribution in [-0.2, 0) is 14.3 Å². The third kappa shape index (κ3) is 4.42. The van der Waals surface area contributed by atoms with Gasteiger partial charge in [0.15, 0.2) is 0 Å². The first-order chi connectivity index (χ1) is 10.1. The lowest BCUT2D eigenvalue weighted by Crippen LogP contribution is -2.43. The van der Waals surface area contributed by atoms with Gasteiger partial charge in [0, 0.05) is 24.7 Å². The standard InChI is InChI=1S/C14H17ClN2O4/c1-20-14(19)11-3-2-9(6-12(11)15)17-13(18)7-10-8-21-5-4-16-10/h2-3,6,10,16H,4-5,7-8H2,1H3,(H,17,18).